The summed E-state index contributed by atoms with van der Waals surface area (Å²) in [6.07, 6.45) is 4.48. The Kier molecular flexibility index (Phi) is 4.55. The second-order valence-corrected chi connectivity index (χ2v) is 12.1. The molecule has 212 valence electrons. The van der Waals surface area contributed by atoms with Crippen molar-refractivity contribution in [2.45, 2.75) is 0 Å². The van der Waals surface area contributed by atoms with Crippen LogP contribution in [0.4, 0.5) is 0 Å². The lowest BCUT2D eigenvalue weighted by Crippen LogP contribution is -2.03. The van der Waals surface area contributed by atoms with Crippen molar-refractivity contribution in [1.29, 1.82) is 0 Å². The molecule has 0 aliphatic heterocycles. The number of hydrogen-bond acceptors (Lipinski definition) is 3. The Morgan fingerprint density at radius 2 is 1.22 bits per heavy atom. The fourth-order valence-electron chi connectivity index (χ4n) is 7.77. The second kappa shape index (κ2) is 8.68. The minimum Gasteiger partial charge on any atom is -0.455 e. The van der Waals surface area contributed by atoms with E-state index in [2.05, 4.69) is 132 Å². The van der Waals surface area contributed by atoms with Crippen molar-refractivity contribution in [3.63, 3.8) is 0 Å². The Hall–Kier alpha value is -6.26. The zero-order valence-corrected chi connectivity index (χ0v) is 24.5. The van der Waals surface area contributed by atoms with Gasteiger partial charge in [0.05, 0.1) is 22.2 Å². The Morgan fingerprint density at radius 1 is 0.500 bits per heavy atom. The van der Waals surface area contributed by atoms with Crippen LogP contribution in [0.3, 0.4) is 0 Å². The molecule has 7 aromatic carbocycles. The molecule has 0 bridgehead atoms. The fraction of sp³-hybridized carbons (Fsp3) is 0. The highest BCUT2D eigenvalue weighted by molar-refractivity contribution is 6.27. The highest BCUT2D eigenvalue weighted by Gasteiger charge is 2.23. The van der Waals surface area contributed by atoms with Crippen LogP contribution in [0.5, 0.6) is 0 Å². The fourth-order valence-corrected chi connectivity index (χ4v) is 7.77. The van der Waals surface area contributed by atoms with E-state index in [0.29, 0.717) is 5.95 Å². The molecule has 0 unspecified atom stereocenters. The molecule has 0 saturated carbocycles. The molecule has 11 rings (SSSR count). The normalized spacial score (nSPS) is 12.7. The summed E-state index contributed by atoms with van der Waals surface area (Å²) in [6, 6.07) is 44.9. The summed E-state index contributed by atoms with van der Waals surface area (Å²) >= 11 is 0. The summed E-state index contributed by atoms with van der Waals surface area (Å²) in [6.45, 7) is 0. The number of rotatable bonds is 2. The molecule has 4 nitrogen and oxygen atoms in total. The Balaban J connectivity index is 1.30. The SMILES string of the molecule is C1=Cc2cccc3c2c2c4c1cccc4ccc2n3-c1nc(-c2cc3c4ccccc4oc3c3ccccc23)c2ccccc2n1. The molecule has 3 heterocycles. The van der Waals surface area contributed by atoms with Gasteiger partial charge in [-0.3, -0.25) is 4.57 Å². The van der Waals surface area contributed by atoms with Crippen LogP contribution >= 0.6 is 0 Å². The quantitative estimate of drug-likeness (QED) is 0.203. The molecular formula is C42H23N3O. The maximum atomic E-state index is 6.44. The lowest BCUT2D eigenvalue weighted by molar-refractivity contribution is 0.672. The first-order valence-electron chi connectivity index (χ1n) is 15.6. The third kappa shape index (κ3) is 3.07. The average molecular weight is 586 g/mol. The first-order valence-corrected chi connectivity index (χ1v) is 15.6. The molecule has 1 aliphatic carbocycles. The zero-order valence-electron chi connectivity index (χ0n) is 24.5. The second-order valence-electron chi connectivity index (χ2n) is 12.1. The van der Waals surface area contributed by atoms with Crippen LogP contribution < -0.4 is 0 Å². The summed E-state index contributed by atoms with van der Waals surface area (Å²) < 4.78 is 8.70. The molecule has 0 radical (unpaired) electrons. The van der Waals surface area contributed by atoms with Gasteiger partial charge in [-0.25, -0.2) is 9.97 Å². The van der Waals surface area contributed by atoms with Crippen LogP contribution in [0.2, 0.25) is 0 Å². The molecule has 10 aromatic rings. The third-order valence-electron chi connectivity index (χ3n) is 9.74. The molecule has 0 fully saturated rings. The Morgan fingerprint density at radius 3 is 2.11 bits per heavy atom. The van der Waals surface area contributed by atoms with Crippen LogP contribution in [0, 0.1) is 0 Å². The van der Waals surface area contributed by atoms with E-state index >= 15 is 0 Å². The van der Waals surface area contributed by atoms with Gasteiger partial charge in [0, 0.05) is 37.9 Å². The highest BCUT2D eigenvalue weighted by Crippen LogP contribution is 2.44. The van der Waals surface area contributed by atoms with Crippen molar-refractivity contribution < 1.29 is 4.42 Å². The summed E-state index contributed by atoms with van der Waals surface area (Å²) in [5.74, 6) is 0.661. The van der Waals surface area contributed by atoms with Crippen LogP contribution in [0.15, 0.2) is 132 Å². The molecule has 0 N–H and O–H groups in total. The summed E-state index contributed by atoms with van der Waals surface area (Å²) in [5.41, 5.74) is 9.30. The van der Waals surface area contributed by atoms with E-state index in [1.807, 2.05) is 12.1 Å². The summed E-state index contributed by atoms with van der Waals surface area (Å²) in [5, 5.41) is 10.4. The van der Waals surface area contributed by atoms with E-state index in [1.54, 1.807) is 0 Å². The molecule has 3 aromatic heterocycles. The summed E-state index contributed by atoms with van der Waals surface area (Å²) in [4.78, 5) is 10.7. The van der Waals surface area contributed by atoms with E-state index in [-0.39, 0.29) is 0 Å². The number of fused-ring (bicyclic) bond motifs is 6. The van der Waals surface area contributed by atoms with Crippen LogP contribution in [-0.4, -0.2) is 14.5 Å². The Bertz CT molecular complexity index is 2980. The lowest BCUT2D eigenvalue weighted by Gasteiger charge is -2.14. The topological polar surface area (TPSA) is 43.9 Å². The maximum Gasteiger partial charge on any atom is 0.235 e. The van der Waals surface area contributed by atoms with Crippen molar-refractivity contribution in [1.82, 2.24) is 14.5 Å². The van der Waals surface area contributed by atoms with E-state index in [4.69, 9.17) is 14.4 Å². The first kappa shape index (κ1) is 24.1. The highest BCUT2D eigenvalue weighted by atomic mass is 16.3. The van der Waals surface area contributed by atoms with Gasteiger partial charge in [-0.15, -0.1) is 0 Å². The number of hydrogen-bond donors (Lipinski definition) is 0. The van der Waals surface area contributed by atoms with E-state index in [0.717, 1.165) is 65.9 Å². The van der Waals surface area contributed by atoms with Crippen LogP contribution in [-0.2, 0) is 0 Å². The minimum absolute atomic E-state index is 0.661. The predicted molar refractivity (Wildman–Crippen MR) is 191 cm³/mol. The molecule has 0 amide bonds. The van der Waals surface area contributed by atoms with Crippen molar-refractivity contribution in [3.8, 4) is 17.2 Å². The van der Waals surface area contributed by atoms with Gasteiger partial charge in [0.25, 0.3) is 0 Å². The minimum atomic E-state index is 0.661. The van der Waals surface area contributed by atoms with Gasteiger partial charge in [0.2, 0.25) is 5.95 Å². The molecule has 0 spiro atoms. The molecule has 0 atom stereocenters. The van der Waals surface area contributed by atoms with Crippen molar-refractivity contribution in [3.05, 3.63) is 139 Å². The third-order valence-corrected chi connectivity index (χ3v) is 9.74. The monoisotopic (exact) mass is 585 g/mol. The Labute approximate surface area is 262 Å². The van der Waals surface area contributed by atoms with Crippen LogP contribution in [0.1, 0.15) is 11.1 Å². The predicted octanol–water partition coefficient (Wildman–Crippen LogP) is 11.1. The van der Waals surface area contributed by atoms with E-state index < -0.39 is 0 Å². The first-order chi connectivity index (χ1) is 22.8. The number of aromatic nitrogens is 3. The van der Waals surface area contributed by atoms with Gasteiger partial charge in [0.1, 0.15) is 11.2 Å². The van der Waals surface area contributed by atoms with Gasteiger partial charge >= 0.3 is 0 Å². The van der Waals surface area contributed by atoms with E-state index in [9.17, 15) is 0 Å². The summed E-state index contributed by atoms with van der Waals surface area (Å²) in [7, 11) is 0. The number of para-hydroxylation sites is 2. The van der Waals surface area contributed by atoms with Crippen molar-refractivity contribution >= 4 is 88.3 Å². The van der Waals surface area contributed by atoms with Crippen LogP contribution in [0.25, 0.3) is 106 Å². The van der Waals surface area contributed by atoms with Gasteiger partial charge in [0.15, 0.2) is 0 Å². The average Bonchev–Trinajstić information content (AvgIpc) is 3.60. The molecule has 1 aliphatic rings. The largest absolute Gasteiger partial charge is 0.455 e. The molecule has 0 saturated heterocycles. The zero-order chi connectivity index (χ0) is 29.9. The molecular weight excluding hydrogens is 562 g/mol. The van der Waals surface area contributed by atoms with Gasteiger partial charge in [-0.1, -0.05) is 109 Å². The molecule has 4 heteroatoms. The standard InChI is InChI=1S/C42H23N3O/c1-2-14-29-27(12-1)31(23-32-28-13-4-6-18-36(28)46-41(29)32)40-30-15-3-5-16-33(30)43-42(44-40)45-34-17-8-11-26-20-19-24-9-7-10-25-21-22-35(45)39(37(24)25)38(26)34/h1-23H. The smallest absolute Gasteiger partial charge is 0.235 e. The molecule has 46 heavy (non-hydrogen) atoms. The van der Waals surface area contributed by atoms with Gasteiger partial charge < -0.3 is 4.42 Å². The van der Waals surface area contributed by atoms with Gasteiger partial charge in [-0.2, -0.15) is 0 Å². The number of benzene rings is 7. The van der Waals surface area contributed by atoms with Gasteiger partial charge in [-0.05, 0) is 57.6 Å². The number of furan rings is 1. The number of nitrogens with zero attached hydrogens (tertiary/aromatic N) is 3. The maximum absolute atomic E-state index is 6.44. The van der Waals surface area contributed by atoms with Crippen molar-refractivity contribution in [2.75, 3.05) is 0 Å². The van der Waals surface area contributed by atoms with Crippen molar-refractivity contribution in [2.24, 2.45) is 0 Å². The lowest BCUT2D eigenvalue weighted by atomic mass is 9.96. The van der Waals surface area contributed by atoms with E-state index in [1.165, 1.54) is 32.7 Å².